The molecule has 0 spiro atoms. The van der Waals surface area contributed by atoms with Crippen LogP contribution in [-0.2, 0) is 29.2 Å². The highest BCUT2D eigenvalue weighted by Crippen LogP contribution is 2.29. The van der Waals surface area contributed by atoms with Crippen molar-refractivity contribution in [3.63, 3.8) is 0 Å². The number of methoxy groups -OCH3 is 1. The largest absolute Gasteiger partial charge is 0.497 e. The fourth-order valence-corrected chi connectivity index (χ4v) is 4.86. The summed E-state index contributed by atoms with van der Waals surface area (Å²) in [5.41, 5.74) is 0.944. The minimum Gasteiger partial charge on any atom is -0.497 e. The van der Waals surface area contributed by atoms with E-state index >= 15 is 0 Å². The number of amides is 1. The van der Waals surface area contributed by atoms with Crippen LogP contribution in [0.4, 0.5) is 13.2 Å². The maximum atomic E-state index is 12.8. The molecule has 0 fully saturated rings. The highest BCUT2D eigenvalue weighted by atomic mass is 32.2. The van der Waals surface area contributed by atoms with Gasteiger partial charge in [-0.3, -0.25) is 4.79 Å². The maximum Gasteiger partial charge on any atom is 0.416 e. The van der Waals surface area contributed by atoms with Crippen LogP contribution in [0.3, 0.4) is 0 Å². The van der Waals surface area contributed by atoms with E-state index in [0.717, 1.165) is 35.1 Å². The zero-order valence-corrected chi connectivity index (χ0v) is 17.7. The van der Waals surface area contributed by atoms with Crippen LogP contribution >= 0.6 is 0 Å². The number of benzene rings is 2. The van der Waals surface area contributed by atoms with E-state index in [0.29, 0.717) is 13.0 Å². The quantitative estimate of drug-likeness (QED) is 0.650. The maximum absolute atomic E-state index is 12.8. The zero-order chi connectivity index (χ0) is 22.6. The number of ether oxygens (including phenoxy) is 1. The molecule has 0 unspecified atom stereocenters. The van der Waals surface area contributed by atoms with Gasteiger partial charge in [0.05, 0.1) is 18.4 Å². The van der Waals surface area contributed by atoms with E-state index < -0.39 is 27.7 Å². The van der Waals surface area contributed by atoms with Crippen molar-refractivity contribution in [2.75, 3.05) is 26.0 Å². The molecule has 1 N–H and O–H groups in total. The van der Waals surface area contributed by atoms with Gasteiger partial charge in [-0.25, -0.2) is 8.42 Å². The molecule has 1 aliphatic rings. The minimum absolute atomic E-state index is 0.0376. The average molecular weight is 456 g/mol. The van der Waals surface area contributed by atoms with Crippen molar-refractivity contribution in [2.45, 2.75) is 25.6 Å². The van der Waals surface area contributed by atoms with E-state index in [4.69, 9.17) is 4.74 Å². The molecule has 2 aromatic carbocycles. The van der Waals surface area contributed by atoms with Crippen molar-refractivity contribution in [1.82, 2.24) is 9.62 Å². The molecule has 3 rings (SSSR count). The first-order valence-corrected chi connectivity index (χ1v) is 11.3. The second-order valence-corrected chi connectivity index (χ2v) is 9.31. The summed E-state index contributed by atoms with van der Waals surface area (Å²) in [4.78, 5) is 12.1. The lowest BCUT2D eigenvalue weighted by Crippen LogP contribution is -2.38. The molecule has 1 aliphatic heterocycles. The van der Waals surface area contributed by atoms with E-state index in [9.17, 15) is 26.4 Å². The second kappa shape index (κ2) is 9.27. The van der Waals surface area contributed by atoms with E-state index in [1.54, 1.807) is 13.2 Å². The van der Waals surface area contributed by atoms with Gasteiger partial charge in [-0.15, -0.1) is 0 Å². The van der Waals surface area contributed by atoms with Crippen molar-refractivity contribution in [3.05, 3.63) is 64.7 Å². The number of carbonyl (C=O) groups is 1. The lowest BCUT2D eigenvalue weighted by atomic mass is 10.0. The minimum atomic E-state index is -4.54. The molecule has 0 bridgehead atoms. The molecule has 6 nitrogen and oxygen atoms in total. The number of hydrogen-bond acceptors (Lipinski definition) is 4. The first-order valence-electron chi connectivity index (χ1n) is 9.69. The van der Waals surface area contributed by atoms with Gasteiger partial charge >= 0.3 is 6.18 Å². The third-order valence-electron chi connectivity index (χ3n) is 5.10. The molecule has 1 amide bonds. The number of nitrogens with zero attached hydrogens (tertiary/aromatic N) is 1. The number of halogens is 3. The lowest BCUT2D eigenvalue weighted by molar-refractivity contribution is -0.137. The molecule has 31 heavy (non-hydrogen) atoms. The van der Waals surface area contributed by atoms with Crippen molar-refractivity contribution in [2.24, 2.45) is 0 Å². The van der Waals surface area contributed by atoms with Gasteiger partial charge in [0.1, 0.15) is 5.75 Å². The molecule has 1 heterocycles. The number of sulfonamides is 1. The van der Waals surface area contributed by atoms with Gasteiger partial charge < -0.3 is 10.1 Å². The Morgan fingerprint density at radius 2 is 1.94 bits per heavy atom. The Balaban J connectivity index is 1.51. The number of alkyl halides is 3. The van der Waals surface area contributed by atoms with Gasteiger partial charge in [0, 0.05) is 25.2 Å². The second-order valence-electron chi connectivity index (χ2n) is 7.22. The Morgan fingerprint density at radius 1 is 1.16 bits per heavy atom. The van der Waals surface area contributed by atoms with E-state index in [1.165, 1.54) is 10.4 Å². The van der Waals surface area contributed by atoms with Crippen LogP contribution < -0.4 is 10.1 Å². The van der Waals surface area contributed by atoms with E-state index in [1.807, 2.05) is 12.1 Å². The summed E-state index contributed by atoms with van der Waals surface area (Å²) in [6.45, 7) is 0.674. The van der Waals surface area contributed by atoms with Gasteiger partial charge in [0.15, 0.2) is 0 Å². The molecule has 0 aliphatic carbocycles. The standard InChI is InChI=1S/C21H23F3N2O4S/c1-30-19-7-6-17-14-26(10-8-15(17)13-19)31(28,29)11-3-9-25-20(27)16-4-2-5-18(12-16)21(22,23)24/h2,4-7,12-13H,3,8-11,14H2,1H3,(H,25,27). The van der Waals surface area contributed by atoms with Crippen molar-refractivity contribution < 1.29 is 31.1 Å². The number of rotatable bonds is 7. The third kappa shape index (κ3) is 5.76. The highest BCUT2D eigenvalue weighted by Gasteiger charge is 2.31. The Morgan fingerprint density at radius 3 is 2.65 bits per heavy atom. The lowest BCUT2D eigenvalue weighted by Gasteiger charge is -2.28. The predicted octanol–water partition coefficient (Wildman–Crippen LogP) is 3.22. The first kappa shape index (κ1) is 23.1. The van der Waals surface area contributed by atoms with Gasteiger partial charge in [-0.1, -0.05) is 12.1 Å². The summed E-state index contributed by atoms with van der Waals surface area (Å²) in [5.74, 6) is -0.114. The van der Waals surface area contributed by atoms with E-state index in [-0.39, 0.29) is 30.8 Å². The van der Waals surface area contributed by atoms with Crippen LogP contribution in [0.25, 0.3) is 0 Å². The fraction of sp³-hybridized carbons (Fsp3) is 0.381. The number of fused-ring (bicyclic) bond motifs is 1. The molecule has 0 saturated heterocycles. The Bertz CT molecular complexity index is 1050. The average Bonchev–Trinajstić information content (AvgIpc) is 2.75. The predicted molar refractivity (Wildman–Crippen MR) is 109 cm³/mol. The fourth-order valence-electron chi connectivity index (χ4n) is 3.39. The van der Waals surface area contributed by atoms with Gasteiger partial charge in [-0.2, -0.15) is 17.5 Å². The molecule has 0 radical (unpaired) electrons. The number of nitrogens with one attached hydrogen (secondary N) is 1. The van der Waals surface area contributed by atoms with Crippen LogP contribution in [0.1, 0.15) is 33.5 Å². The van der Waals surface area contributed by atoms with Gasteiger partial charge in [-0.05, 0) is 54.3 Å². The molecule has 168 valence electrons. The molecule has 0 atom stereocenters. The van der Waals surface area contributed by atoms with Crippen molar-refractivity contribution >= 4 is 15.9 Å². The summed E-state index contributed by atoms with van der Waals surface area (Å²) in [7, 11) is -1.95. The van der Waals surface area contributed by atoms with Crippen LogP contribution in [0.15, 0.2) is 42.5 Å². The number of carbonyl (C=O) groups excluding carboxylic acids is 1. The van der Waals surface area contributed by atoms with Gasteiger partial charge in [0.25, 0.3) is 5.91 Å². The molecule has 0 saturated carbocycles. The van der Waals surface area contributed by atoms with Crippen LogP contribution in [-0.4, -0.2) is 44.6 Å². The Labute approximate surface area is 179 Å². The molecule has 2 aromatic rings. The SMILES string of the molecule is COc1ccc2c(c1)CCN(S(=O)(=O)CCCNC(=O)c1cccc(C(F)(F)F)c1)C2. The van der Waals surface area contributed by atoms with Crippen LogP contribution in [0, 0.1) is 0 Å². The molecule has 0 aromatic heterocycles. The molecular weight excluding hydrogens is 433 g/mol. The van der Waals surface area contributed by atoms with E-state index in [2.05, 4.69) is 5.32 Å². The third-order valence-corrected chi connectivity index (χ3v) is 7.00. The summed E-state index contributed by atoms with van der Waals surface area (Å²) in [5, 5.41) is 2.48. The van der Waals surface area contributed by atoms with Crippen LogP contribution in [0.5, 0.6) is 5.75 Å². The molecule has 10 heteroatoms. The normalized spacial score (nSPS) is 14.7. The Hall–Kier alpha value is -2.59. The van der Waals surface area contributed by atoms with Gasteiger partial charge in [0.2, 0.25) is 10.0 Å². The zero-order valence-electron chi connectivity index (χ0n) is 16.9. The van der Waals surface area contributed by atoms with Crippen molar-refractivity contribution in [3.8, 4) is 5.75 Å². The summed E-state index contributed by atoms with van der Waals surface area (Å²) >= 11 is 0. The summed E-state index contributed by atoms with van der Waals surface area (Å²) < 4.78 is 70.2. The summed E-state index contributed by atoms with van der Waals surface area (Å²) in [6.07, 6.45) is -3.81. The topological polar surface area (TPSA) is 75.7 Å². The highest BCUT2D eigenvalue weighted by molar-refractivity contribution is 7.89. The number of hydrogen-bond donors (Lipinski definition) is 1. The summed E-state index contributed by atoms with van der Waals surface area (Å²) in [6, 6.07) is 9.64. The Kier molecular flexibility index (Phi) is 6.90. The van der Waals surface area contributed by atoms with Crippen LogP contribution in [0.2, 0.25) is 0 Å². The smallest absolute Gasteiger partial charge is 0.416 e. The first-order chi connectivity index (χ1) is 14.6. The molecular formula is C21H23F3N2O4S. The van der Waals surface area contributed by atoms with Crippen molar-refractivity contribution in [1.29, 1.82) is 0 Å². The monoisotopic (exact) mass is 456 g/mol.